The van der Waals surface area contributed by atoms with Crippen molar-refractivity contribution < 1.29 is 42.9 Å². The van der Waals surface area contributed by atoms with Crippen LogP contribution in [0.4, 0.5) is 29.7 Å². The number of urea groups is 1. The van der Waals surface area contributed by atoms with Crippen molar-refractivity contribution in [1.29, 1.82) is 0 Å². The van der Waals surface area contributed by atoms with Crippen LogP contribution < -0.4 is 15.5 Å². The Morgan fingerprint density at radius 1 is 0.952 bits per heavy atom. The molecular weight excluding hydrogens is 810 g/mol. The number of phenolic OH excluding ortho intramolecular Hbond substituents is 1. The van der Waals surface area contributed by atoms with Crippen LogP contribution in [0.3, 0.4) is 0 Å². The van der Waals surface area contributed by atoms with Gasteiger partial charge in [-0.1, -0.05) is 79.7 Å². The van der Waals surface area contributed by atoms with Crippen LogP contribution in [0.5, 0.6) is 5.75 Å². The highest BCUT2D eigenvalue weighted by atomic mass is 19.4. The van der Waals surface area contributed by atoms with Crippen LogP contribution in [0.1, 0.15) is 60.0 Å². The lowest BCUT2D eigenvalue weighted by molar-refractivity contribution is -0.232. The maximum Gasteiger partial charge on any atom is 0.493 e. The van der Waals surface area contributed by atoms with Crippen molar-refractivity contribution in [3.8, 4) is 5.75 Å². The van der Waals surface area contributed by atoms with Gasteiger partial charge in [-0.2, -0.15) is 28.2 Å². The Labute approximate surface area is 353 Å². The van der Waals surface area contributed by atoms with E-state index < -0.39 is 48.5 Å². The van der Waals surface area contributed by atoms with Crippen molar-refractivity contribution in [2.75, 3.05) is 29.9 Å². The number of alkyl halides is 3. The topological polar surface area (TPSA) is 196 Å². The second kappa shape index (κ2) is 17.7. The molecule has 324 valence electrons. The van der Waals surface area contributed by atoms with E-state index in [2.05, 4.69) is 15.7 Å². The Morgan fingerprint density at radius 2 is 1.66 bits per heavy atom. The van der Waals surface area contributed by atoms with Crippen LogP contribution in [0, 0.1) is 0 Å². The average Bonchev–Trinajstić information content (AvgIpc) is 4.10. The Bertz CT molecular complexity index is 2470. The van der Waals surface area contributed by atoms with Gasteiger partial charge in [-0.25, -0.2) is 14.6 Å². The van der Waals surface area contributed by atoms with Crippen molar-refractivity contribution >= 4 is 34.9 Å². The molecule has 5 atom stereocenters. The number of hydrogen-bond acceptors (Lipinski definition) is 12. The van der Waals surface area contributed by atoms with Crippen LogP contribution in [0.15, 0.2) is 104 Å². The van der Waals surface area contributed by atoms with Crippen LogP contribution in [-0.4, -0.2) is 106 Å². The maximum absolute atomic E-state index is 13.5. The number of aryl methyl sites for hydroxylation is 1. The number of aliphatic hydroxyl groups excluding tert-OH is 2. The van der Waals surface area contributed by atoms with Crippen molar-refractivity contribution in [1.82, 2.24) is 39.7 Å². The molecule has 5 N–H and O–H groups in total. The quantitative estimate of drug-likeness (QED) is 0.101. The molecule has 1 saturated heterocycles. The zero-order chi connectivity index (χ0) is 43.5. The Kier molecular flexibility index (Phi) is 12.0. The smallest absolute Gasteiger partial charge is 0.493 e. The summed E-state index contributed by atoms with van der Waals surface area (Å²) >= 11 is 0. The fraction of sp³-hybridized carbons (Fsp3) is 0.349. The minimum atomic E-state index is -5.39. The van der Waals surface area contributed by atoms with Gasteiger partial charge in [0.25, 0.3) is 0 Å². The summed E-state index contributed by atoms with van der Waals surface area (Å²) in [7, 11) is 0. The summed E-state index contributed by atoms with van der Waals surface area (Å²) in [4.78, 5) is 46.4. The summed E-state index contributed by atoms with van der Waals surface area (Å²) in [5, 5.41) is 43.4. The number of hydrogen-bond donors (Lipinski definition) is 5. The standard InChI is InChI=1S/C43H45F3N10O6/c1-2-26-21-50-55(23-26)34-19-33(36(58)37(34)59)54-25-49-35-38(47-22-32(28-11-5-3-6-12-28)29-13-7-4-8-14-29)51-41(52-39(35)54)53-17-16-30(24-53)56(62-40(60)43(44,45)46)42(61)48-20-27-10-9-15-31(57)18-27/h3-15,18,21,23,25,30,32-34,36-37,57-59H,2,16-17,19-20,22,24H2,1H3,(H,48,61)(H,47,51,52)/t30-,33-,34+,36+,37-/m1/s1. The normalized spacial score (nSPS) is 20.2. The molecule has 1 aliphatic carbocycles. The van der Waals surface area contributed by atoms with E-state index in [0.29, 0.717) is 34.2 Å². The molecule has 2 aliphatic rings. The minimum absolute atomic E-state index is 0.0665. The van der Waals surface area contributed by atoms with Crippen LogP contribution >= 0.6 is 0 Å². The lowest BCUT2D eigenvalue weighted by atomic mass is 9.91. The molecule has 0 unspecified atom stereocenters. The van der Waals surface area contributed by atoms with Gasteiger partial charge in [0, 0.05) is 38.3 Å². The first-order valence-electron chi connectivity index (χ1n) is 20.2. The molecule has 4 heterocycles. The first kappa shape index (κ1) is 42.0. The van der Waals surface area contributed by atoms with Crippen LogP contribution in [-0.2, 0) is 22.6 Å². The number of hydroxylamine groups is 2. The third-order valence-corrected chi connectivity index (χ3v) is 11.4. The molecule has 0 radical (unpaired) electrons. The fourth-order valence-corrected chi connectivity index (χ4v) is 8.14. The van der Waals surface area contributed by atoms with Gasteiger partial charge >= 0.3 is 18.2 Å². The third kappa shape index (κ3) is 8.85. The number of benzene rings is 3. The van der Waals surface area contributed by atoms with E-state index >= 15 is 0 Å². The molecule has 0 bridgehead atoms. The molecule has 62 heavy (non-hydrogen) atoms. The summed E-state index contributed by atoms with van der Waals surface area (Å²) in [6.45, 7) is 2.19. The van der Waals surface area contributed by atoms with Gasteiger partial charge < -0.3 is 40.3 Å². The molecule has 2 fully saturated rings. The molecule has 0 spiro atoms. The number of fused-ring (bicyclic) bond motifs is 1. The number of imidazole rings is 1. The number of phenols is 1. The predicted molar refractivity (Wildman–Crippen MR) is 220 cm³/mol. The zero-order valence-electron chi connectivity index (χ0n) is 33.5. The first-order chi connectivity index (χ1) is 29.9. The van der Waals surface area contributed by atoms with Gasteiger partial charge in [0.15, 0.2) is 17.0 Å². The molecule has 16 nitrogen and oxygen atoms in total. The number of nitrogens with one attached hydrogen (secondary N) is 2. The van der Waals surface area contributed by atoms with E-state index in [1.165, 1.54) is 24.5 Å². The fourth-order valence-electron chi connectivity index (χ4n) is 8.14. The van der Waals surface area contributed by atoms with E-state index in [1.807, 2.05) is 73.8 Å². The monoisotopic (exact) mass is 854 g/mol. The highest BCUT2D eigenvalue weighted by Crippen LogP contribution is 2.40. The van der Waals surface area contributed by atoms with Crippen molar-refractivity contribution in [2.24, 2.45) is 0 Å². The first-order valence-corrected chi connectivity index (χ1v) is 20.2. The summed E-state index contributed by atoms with van der Waals surface area (Å²) in [5.41, 5.74) is 4.20. The lowest BCUT2D eigenvalue weighted by Crippen LogP contribution is -2.49. The number of rotatable bonds is 12. The highest BCUT2D eigenvalue weighted by molar-refractivity contribution is 5.85. The van der Waals surface area contributed by atoms with Crippen molar-refractivity contribution in [2.45, 2.75) is 75.2 Å². The van der Waals surface area contributed by atoms with E-state index in [-0.39, 0.29) is 50.1 Å². The molecule has 1 aliphatic heterocycles. The number of anilines is 2. The van der Waals surface area contributed by atoms with Gasteiger partial charge in [0.2, 0.25) is 5.95 Å². The minimum Gasteiger partial charge on any atom is -0.508 e. The average molecular weight is 855 g/mol. The second-order valence-electron chi connectivity index (χ2n) is 15.4. The van der Waals surface area contributed by atoms with Crippen molar-refractivity contribution in [3.63, 3.8) is 0 Å². The summed E-state index contributed by atoms with van der Waals surface area (Å²) in [6, 6.07) is 22.4. The van der Waals surface area contributed by atoms with Gasteiger partial charge in [-0.05, 0) is 53.6 Å². The summed E-state index contributed by atoms with van der Waals surface area (Å²) in [5.74, 6) is -2.31. The van der Waals surface area contributed by atoms with Gasteiger partial charge in [-0.15, -0.1) is 5.06 Å². The Morgan fingerprint density at radius 3 is 2.32 bits per heavy atom. The van der Waals surface area contributed by atoms with E-state index in [9.17, 15) is 38.1 Å². The largest absolute Gasteiger partial charge is 0.508 e. The summed E-state index contributed by atoms with van der Waals surface area (Å²) < 4.78 is 43.9. The second-order valence-corrected chi connectivity index (χ2v) is 15.4. The number of amides is 2. The predicted octanol–water partition coefficient (Wildman–Crippen LogP) is 5.25. The van der Waals surface area contributed by atoms with E-state index in [0.717, 1.165) is 23.1 Å². The highest BCUT2D eigenvalue weighted by Gasteiger charge is 2.47. The number of aliphatic hydroxyl groups is 2. The molecule has 8 rings (SSSR count). The zero-order valence-corrected chi connectivity index (χ0v) is 33.5. The van der Waals surface area contributed by atoms with Crippen molar-refractivity contribution in [3.05, 3.63) is 126 Å². The Balaban J connectivity index is 1.12. The van der Waals surface area contributed by atoms with Crippen LogP contribution in [0.25, 0.3) is 11.2 Å². The molecule has 2 amide bonds. The molecule has 3 aromatic heterocycles. The number of carbonyl (C=O) groups is 2. The van der Waals surface area contributed by atoms with Gasteiger partial charge in [0.1, 0.15) is 18.0 Å². The number of nitrogens with zero attached hydrogens (tertiary/aromatic N) is 8. The van der Waals surface area contributed by atoms with E-state index in [4.69, 9.17) is 19.8 Å². The summed E-state index contributed by atoms with van der Waals surface area (Å²) in [6.07, 6.45) is -1.58. The molecule has 6 aromatic rings. The number of carbonyl (C=O) groups excluding carboxylic acids is 2. The molecule has 3 aromatic carbocycles. The number of aromatic nitrogens is 6. The molecule has 19 heteroatoms. The maximum atomic E-state index is 13.5. The number of aromatic hydroxyl groups is 1. The van der Waals surface area contributed by atoms with Gasteiger partial charge in [-0.3, -0.25) is 4.68 Å². The third-order valence-electron chi connectivity index (χ3n) is 11.4. The SMILES string of the molecule is CCc1cnn([C@H]2C[C@@H](n3cnc4c(NCC(c5ccccc5)c5ccccc5)nc(N5CC[C@@H](N(OC(=O)C(F)(F)F)C(=O)NCc6cccc(O)c6)C5)nc43)[C@H](O)[C@@H]2O)c1. The Hall–Kier alpha value is -6.73. The van der Waals surface area contributed by atoms with E-state index in [1.54, 1.807) is 26.4 Å². The van der Waals surface area contributed by atoms with Gasteiger partial charge in [0.05, 0.1) is 30.6 Å². The lowest BCUT2D eigenvalue weighted by Gasteiger charge is -2.27. The number of halogens is 3. The molecular formula is C43H45F3N10O6. The van der Waals surface area contributed by atoms with Crippen LogP contribution in [0.2, 0.25) is 0 Å². The molecule has 1 saturated carbocycles.